The minimum absolute atomic E-state index is 0.0968. The number of nitrogens with zero attached hydrogens (tertiary/aromatic N) is 2. The smallest absolute Gasteiger partial charge is 0.246 e. The third-order valence-electron chi connectivity index (χ3n) is 5.36. The molecule has 1 aromatic rings. The van der Waals surface area contributed by atoms with Gasteiger partial charge in [0.1, 0.15) is 0 Å². The standard InChI is InChI=1S/C16H27N3O/c1-11(2)12-5-7-13(8-6-12)14-18-15(20-19-14)16(3)9-4-10-17-16/h11-13,17H,4-10H2,1-3H3. The van der Waals surface area contributed by atoms with Gasteiger partial charge in [0.2, 0.25) is 5.89 Å². The zero-order valence-corrected chi connectivity index (χ0v) is 13.0. The van der Waals surface area contributed by atoms with E-state index in [-0.39, 0.29) is 5.54 Å². The van der Waals surface area contributed by atoms with E-state index in [0.717, 1.165) is 36.5 Å². The molecule has 0 radical (unpaired) electrons. The fraction of sp³-hybridized carbons (Fsp3) is 0.875. The lowest BCUT2D eigenvalue weighted by Gasteiger charge is -2.29. The van der Waals surface area contributed by atoms with Gasteiger partial charge in [-0.1, -0.05) is 19.0 Å². The van der Waals surface area contributed by atoms with Crippen LogP contribution in [0.2, 0.25) is 0 Å². The maximum Gasteiger partial charge on any atom is 0.246 e. The second-order valence-corrected chi connectivity index (χ2v) is 7.18. The van der Waals surface area contributed by atoms with Crippen LogP contribution in [0, 0.1) is 11.8 Å². The van der Waals surface area contributed by atoms with E-state index in [9.17, 15) is 0 Å². The van der Waals surface area contributed by atoms with E-state index < -0.39 is 0 Å². The van der Waals surface area contributed by atoms with Crippen LogP contribution in [0.5, 0.6) is 0 Å². The van der Waals surface area contributed by atoms with Crippen molar-refractivity contribution in [2.75, 3.05) is 6.54 Å². The van der Waals surface area contributed by atoms with Crippen molar-refractivity contribution < 1.29 is 4.52 Å². The van der Waals surface area contributed by atoms with Gasteiger partial charge in [-0.3, -0.25) is 0 Å². The minimum Gasteiger partial charge on any atom is -0.337 e. The van der Waals surface area contributed by atoms with Gasteiger partial charge in [0.25, 0.3) is 0 Å². The van der Waals surface area contributed by atoms with Crippen molar-refractivity contribution >= 4 is 0 Å². The second kappa shape index (κ2) is 5.47. The highest BCUT2D eigenvalue weighted by molar-refractivity contribution is 5.07. The number of rotatable bonds is 3. The zero-order valence-electron chi connectivity index (χ0n) is 13.0. The van der Waals surface area contributed by atoms with Gasteiger partial charge in [-0.25, -0.2) is 0 Å². The molecule has 4 heteroatoms. The van der Waals surface area contributed by atoms with Gasteiger partial charge in [0, 0.05) is 5.92 Å². The van der Waals surface area contributed by atoms with Crippen molar-refractivity contribution in [2.24, 2.45) is 11.8 Å². The van der Waals surface area contributed by atoms with Gasteiger partial charge in [0.05, 0.1) is 5.54 Å². The van der Waals surface area contributed by atoms with Crippen LogP contribution in [0.4, 0.5) is 0 Å². The summed E-state index contributed by atoms with van der Waals surface area (Å²) in [6.45, 7) is 7.90. The number of aromatic nitrogens is 2. The predicted molar refractivity (Wildman–Crippen MR) is 78.4 cm³/mol. The summed E-state index contributed by atoms with van der Waals surface area (Å²) in [5.41, 5.74) is -0.0968. The van der Waals surface area contributed by atoms with Gasteiger partial charge in [-0.2, -0.15) is 4.98 Å². The fourth-order valence-electron chi connectivity index (χ4n) is 3.75. The van der Waals surface area contributed by atoms with Crippen LogP contribution in [-0.2, 0) is 5.54 Å². The van der Waals surface area contributed by atoms with Crippen LogP contribution in [-0.4, -0.2) is 16.7 Å². The molecule has 4 nitrogen and oxygen atoms in total. The van der Waals surface area contributed by atoms with Crippen LogP contribution in [0.25, 0.3) is 0 Å². The van der Waals surface area contributed by atoms with Crippen LogP contribution in [0.15, 0.2) is 4.52 Å². The molecule has 0 aromatic carbocycles. The van der Waals surface area contributed by atoms with Crippen molar-refractivity contribution in [3.63, 3.8) is 0 Å². The lowest BCUT2D eigenvalue weighted by Crippen LogP contribution is -2.33. The van der Waals surface area contributed by atoms with Crippen LogP contribution in [0.3, 0.4) is 0 Å². The molecule has 1 atom stereocenters. The molecule has 1 aliphatic carbocycles. The van der Waals surface area contributed by atoms with Crippen molar-refractivity contribution in [1.82, 2.24) is 15.5 Å². The quantitative estimate of drug-likeness (QED) is 0.917. The van der Waals surface area contributed by atoms with E-state index in [2.05, 4.69) is 31.2 Å². The third kappa shape index (κ3) is 2.62. The summed E-state index contributed by atoms with van der Waals surface area (Å²) < 4.78 is 5.56. The summed E-state index contributed by atoms with van der Waals surface area (Å²) in [6, 6.07) is 0. The Bertz CT molecular complexity index is 440. The molecule has 1 N–H and O–H groups in total. The predicted octanol–water partition coefficient (Wildman–Crippen LogP) is 3.60. The molecule has 2 aliphatic rings. The van der Waals surface area contributed by atoms with Crippen molar-refractivity contribution in [1.29, 1.82) is 0 Å². The highest BCUT2D eigenvalue weighted by Gasteiger charge is 2.37. The maximum absolute atomic E-state index is 5.56. The molecule has 3 rings (SSSR count). The van der Waals surface area contributed by atoms with Crippen LogP contribution in [0.1, 0.15) is 76.9 Å². The summed E-state index contributed by atoms with van der Waals surface area (Å²) in [4.78, 5) is 4.72. The molecule has 0 spiro atoms. The van der Waals surface area contributed by atoms with Gasteiger partial charge < -0.3 is 9.84 Å². The normalized spacial score (nSPS) is 34.8. The van der Waals surface area contributed by atoms with Crippen molar-refractivity contribution in [3.8, 4) is 0 Å². The average molecular weight is 277 g/mol. The molecule has 1 aliphatic heterocycles. The maximum atomic E-state index is 5.56. The molecule has 2 fully saturated rings. The summed E-state index contributed by atoms with van der Waals surface area (Å²) >= 11 is 0. The lowest BCUT2D eigenvalue weighted by atomic mass is 9.77. The first-order valence-electron chi connectivity index (χ1n) is 8.17. The van der Waals surface area contributed by atoms with Gasteiger partial charge >= 0.3 is 0 Å². The van der Waals surface area contributed by atoms with Crippen molar-refractivity contribution in [2.45, 2.75) is 70.8 Å². The molecule has 1 saturated carbocycles. The first-order chi connectivity index (χ1) is 9.58. The third-order valence-corrected chi connectivity index (χ3v) is 5.36. The first kappa shape index (κ1) is 14.1. The Hall–Kier alpha value is -0.900. The minimum atomic E-state index is -0.0968. The fourth-order valence-corrected chi connectivity index (χ4v) is 3.75. The SMILES string of the molecule is CC(C)C1CCC(c2noc(C3(C)CCCN3)n2)CC1. The number of hydrogen-bond acceptors (Lipinski definition) is 4. The largest absolute Gasteiger partial charge is 0.337 e. The van der Waals surface area contributed by atoms with E-state index in [0.29, 0.717) is 5.92 Å². The summed E-state index contributed by atoms with van der Waals surface area (Å²) in [6.07, 6.45) is 7.32. The van der Waals surface area contributed by atoms with E-state index in [1.54, 1.807) is 0 Å². The van der Waals surface area contributed by atoms with E-state index in [4.69, 9.17) is 9.51 Å². The summed E-state index contributed by atoms with van der Waals surface area (Å²) in [5, 5.41) is 7.76. The monoisotopic (exact) mass is 277 g/mol. The Morgan fingerprint density at radius 2 is 2.00 bits per heavy atom. The van der Waals surface area contributed by atoms with Gasteiger partial charge in [-0.15, -0.1) is 0 Å². The van der Waals surface area contributed by atoms with E-state index >= 15 is 0 Å². The molecule has 112 valence electrons. The summed E-state index contributed by atoms with van der Waals surface area (Å²) in [7, 11) is 0. The molecule has 1 saturated heterocycles. The molecule has 20 heavy (non-hydrogen) atoms. The van der Waals surface area contributed by atoms with Gasteiger partial charge in [-0.05, 0) is 63.8 Å². The molecule has 1 unspecified atom stereocenters. The Balaban J connectivity index is 1.66. The Labute approximate surface area is 121 Å². The highest BCUT2D eigenvalue weighted by Crippen LogP contribution is 2.38. The second-order valence-electron chi connectivity index (χ2n) is 7.18. The van der Waals surface area contributed by atoms with Crippen LogP contribution >= 0.6 is 0 Å². The highest BCUT2D eigenvalue weighted by atomic mass is 16.5. The molecule has 0 amide bonds. The van der Waals surface area contributed by atoms with Crippen molar-refractivity contribution in [3.05, 3.63) is 11.7 Å². The molecule has 2 heterocycles. The molecule has 0 bridgehead atoms. The topological polar surface area (TPSA) is 51.0 Å². The lowest BCUT2D eigenvalue weighted by molar-refractivity contribution is 0.248. The average Bonchev–Trinajstić information content (AvgIpc) is 3.08. The Morgan fingerprint density at radius 1 is 1.25 bits per heavy atom. The Morgan fingerprint density at radius 3 is 2.60 bits per heavy atom. The number of nitrogens with one attached hydrogen (secondary N) is 1. The zero-order chi connectivity index (χ0) is 14.2. The van der Waals surface area contributed by atoms with E-state index in [1.807, 2.05) is 0 Å². The van der Waals surface area contributed by atoms with E-state index in [1.165, 1.54) is 32.1 Å². The number of hydrogen-bond donors (Lipinski definition) is 1. The van der Waals surface area contributed by atoms with Gasteiger partial charge in [0.15, 0.2) is 5.82 Å². The van der Waals surface area contributed by atoms with Crippen LogP contribution < -0.4 is 5.32 Å². The summed E-state index contributed by atoms with van der Waals surface area (Å²) in [5.74, 6) is 3.92. The molecular formula is C16H27N3O. The first-order valence-corrected chi connectivity index (χ1v) is 8.17. The molecular weight excluding hydrogens is 250 g/mol. The molecule has 1 aromatic heterocycles. The Kier molecular flexibility index (Phi) is 3.85.